The van der Waals surface area contributed by atoms with Gasteiger partial charge in [0, 0.05) is 16.3 Å². The van der Waals surface area contributed by atoms with Crippen LogP contribution in [0.3, 0.4) is 0 Å². The number of aliphatic hydroxyl groups excluding tert-OH is 1. The molecule has 1 aromatic carbocycles. The van der Waals surface area contributed by atoms with Gasteiger partial charge < -0.3 is 16.2 Å². The first kappa shape index (κ1) is 13.8. The molecule has 0 aliphatic heterocycles. The van der Waals surface area contributed by atoms with Crippen LogP contribution >= 0.6 is 11.6 Å². The second kappa shape index (κ2) is 5.38. The Balaban J connectivity index is 2.90. The van der Waals surface area contributed by atoms with Crippen LogP contribution in [-0.4, -0.2) is 23.2 Å². The van der Waals surface area contributed by atoms with Crippen molar-refractivity contribution < 1.29 is 9.90 Å². The molecule has 0 saturated carbocycles. The van der Waals surface area contributed by atoms with E-state index in [2.05, 4.69) is 5.32 Å². The van der Waals surface area contributed by atoms with Gasteiger partial charge in [0.2, 0.25) is 0 Å². The highest BCUT2D eigenvalue weighted by atomic mass is 35.5. The number of carbonyl (C=O) groups excluding carboxylic acids is 1. The van der Waals surface area contributed by atoms with Gasteiger partial charge in [-0.2, -0.15) is 0 Å². The molecular weight excluding hydrogens is 240 g/mol. The number of nitrogens with two attached hydrogens (primary N) is 1. The lowest BCUT2D eigenvalue weighted by Crippen LogP contribution is -2.48. The van der Waals surface area contributed by atoms with E-state index in [1.54, 1.807) is 25.1 Å². The van der Waals surface area contributed by atoms with Gasteiger partial charge in [-0.25, -0.2) is 0 Å². The molecule has 1 aromatic rings. The summed E-state index contributed by atoms with van der Waals surface area (Å²) in [5.74, 6) is -0.294. The van der Waals surface area contributed by atoms with E-state index in [-0.39, 0.29) is 12.5 Å². The van der Waals surface area contributed by atoms with Crippen LogP contribution in [0, 0.1) is 0 Å². The van der Waals surface area contributed by atoms with Crippen LogP contribution in [0.2, 0.25) is 5.02 Å². The summed E-state index contributed by atoms with van der Waals surface area (Å²) in [6.07, 6.45) is 0.630. The molecule has 0 heterocycles. The molecule has 0 radical (unpaired) electrons. The molecule has 0 fully saturated rings. The molecule has 0 aromatic heterocycles. The van der Waals surface area contributed by atoms with Crippen LogP contribution in [0.25, 0.3) is 0 Å². The fraction of sp³-hybridized carbons (Fsp3) is 0.417. The number of amides is 1. The summed E-state index contributed by atoms with van der Waals surface area (Å²) in [4.78, 5) is 11.9. The van der Waals surface area contributed by atoms with E-state index in [0.717, 1.165) is 0 Å². The van der Waals surface area contributed by atoms with Gasteiger partial charge in [0.1, 0.15) is 0 Å². The molecule has 0 bridgehead atoms. The standard InChI is InChI=1S/C12H17ClN2O2/c1-3-12(2,7-16)15-11(17)8-4-9(13)6-10(14)5-8/h4-6,16H,3,7,14H2,1-2H3,(H,15,17). The van der Waals surface area contributed by atoms with Crippen LogP contribution in [0.4, 0.5) is 5.69 Å². The highest BCUT2D eigenvalue weighted by molar-refractivity contribution is 6.31. The van der Waals surface area contributed by atoms with Crippen molar-refractivity contribution in [2.45, 2.75) is 25.8 Å². The monoisotopic (exact) mass is 256 g/mol. The molecule has 0 spiro atoms. The number of benzene rings is 1. The summed E-state index contributed by atoms with van der Waals surface area (Å²) >= 11 is 5.82. The molecule has 1 unspecified atom stereocenters. The van der Waals surface area contributed by atoms with Crippen molar-refractivity contribution in [1.29, 1.82) is 0 Å². The minimum Gasteiger partial charge on any atom is -0.399 e. The number of hydrogen-bond acceptors (Lipinski definition) is 3. The number of anilines is 1. The lowest BCUT2D eigenvalue weighted by molar-refractivity contribution is 0.0847. The normalized spacial score (nSPS) is 14.1. The quantitative estimate of drug-likeness (QED) is 0.720. The Morgan fingerprint density at radius 2 is 2.18 bits per heavy atom. The van der Waals surface area contributed by atoms with E-state index in [0.29, 0.717) is 22.7 Å². The van der Waals surface area contributed by atoms with Gasteiger partial charge in [-0.15, -0.1) is 0 Å². The molecule has 1 atom stereocenters. The van der Waals surface area contributed by atoms with Gasteiger partial charge in [-0.3, -0.25) is 4.79 Å². The SMILES string of the molecule is CCC(C)(CO)NC(=O)c1cc(N)cc(Cl)c1. The molecule has 0 saturated heterocycles. The van der Waals surface area contributed by atoms with E-state index in [1.165, 1.54) is 0 Å². The summed E-state index contributed by atoms with van der Waals surface area (Å²) < 4.78 is 0. The summed E-state index contributed by atoms with van der Waals surface area (Å²) in [6.45, 7) is 3.55. The Bertz CT molecular complexity index is 397. The maximum atomic E-state index is 11.9. The third-order valence-electron chi connectivity index (χ3n) is 2.73. The minimum atomic E-state index is -0.631. The number of halogens is 1. The number of rotatable bonds is 4. The number of carbonyl (C=O) groups is 1. The predicted molar refractivity (Wildman–Crippen MR) is 69.1 cm³/mol. The predicted octanol–water partition coefficient (Wildman–Crippen LogP) is 1.81. The third-order valence-corrected chi connectivity index (χ3v) is 2.95. The first-order valence-corrected chi connectivity index (χ1v) is 5.77. The number of nitrogen functional groups attached to an aromatic ring is 1. The topological polar surface area (TPSA) is 75.3 Å². The van der Waals surface area contributed by atoms with Gasteiger partial charge in [-0.1, -0.05) is 18.5 Å². The molecule has 0 aliphatic carbocycles. The smallest absolute Gasteiger partial charge is 0.251 e. The Morgan fingerprint density at radius 1 is 1.53 bits per heavy atom. The molecule has 1 amide bonds. The van der Waals surface area contributed by atoms with E-state index in [4.69, 9.17) is 17.3 Å². The average molecular weight is 257 g/mol. The first-order valence-electron chi connectivity index (χ1n) is 5.39. The molecule has 94 valence electrons. The van der Waals surface area contributed by atoms with Crippen molar-refractivity contribution in [3.63, 3.8) is 0 Å². The molecule has 0 aliphatic rings. The number of hydrogen-bond donors (Lipinski definition) is 3. The van der Waals surface area contributed by atoms with Crippen LogP contribution in [0.1, 0.15) is 30.6 Å². The Kier molecular flexibility index (Phi) is 4.37. The molecule has 4 N–H and O–H groups in total. The summed E-state index contributed by atoms with van der Waals surface area (Å²) in [5, 5.41) is 12.4. The average Bonchev–Trinajstić information content (AvgIpc) is 2.27. The maximum absolute atomic E-state index is 11.9. The fourth-order valence-corrected chi connectivity index (χ4v) is 1.57. The van der Waals surface area contributed by atoms with Gasteiger partial charge in [0.25, 0.3) is 5.91 Å². The van der Waals surface area contributed by atoms with E-state index < -0.39 is 5.54 Å². The third kappa shape index (κ3) is 3.61. The van der Waals surface area contributed by atoms with Crippen LogP contribution < -0.4 is 11.1 Å². The van der Waals surface area contributed by atoms with E-state index >= 15 is 0 Å². The van der Waals surface area contributed by atoms with E-state index in [1.807, 2.05) is 6.92 Å². The number of aliphatic hydroxyl groups is 1. The van der Waals surface area contributed by atoms with Crippen LogP contribution in [0.15, 0.2) is 18.2 Å². The van der Waals surface area contributed by atoms with Crippen molar-refractivity contribution in [1.82, 2.24) is 5.32 Å². The second-order valence-electron chi connectivity index (χ2n) is 4.30. The van der Waals surface area contributed by atoms with Crippen molar-refractivity contribution >= 4 is 23.2 Å². The fourth-order valence-electron chi connectivity index (χ4n) is 1.33. The molecule has 4 nitrogen and oxygen atoms in total. The molecule has 1 rings (SSSR count). The molecular formula is C12H17ClN2O2. The summed E-state index contributed by atoms with van der Waals surface area (Å²) in [5.41, 5.74) is 5.81. The van der Waals surface area contributed by atoms with Gasteiger partial charge >= 0.3 is 0 Å². The Labute approximate surface area is 106 Å². The first-order chi connectivity index (χ1) is 7.90. The summed E-state index contributed by atoms with van der Waals surface area (Å²) in [6, 6.07) is 4.67. The van der Waals surface area contributed by atoms with Gasteiger partial charge in [-0.05, 0) is 31.5 Å². The largest absolute Gasteiger partial charge is 0.399 e. The van der Waals surface area contributed by atoms with Crippen molar-refractivity contribution in [3.05, 3.63) is 28.8 Å². The Hall–Kier alpha value is -1.26. The van der Waals surface area contributed by atoms with Gasteiger partial charge in [0.05, 0.1) is 12.1 Å². The maximum Gasteiger partial charge on any atom is 0.251 e. The second-order valence-corrected chi connectivity index (χ2v) is 4.74. The highest BCUT2D eigenvalue weighted by Crippen LogP contribution is 2.17. The zero-order valence-corrected chi connectivity index (χ0v) is 10.7. The zero-order chi connectivity index (χ0) is 13.1. The van der Waals surface area contributed by atoms with Crippen LogP contribution in [-0.2, 0) is 0 Å². The zero-order valence-electron chi connectivity index (χ0n) is 9.96. The molecule has 17 heavy (non-hydrogen) atoms. The summed E-state index contributed by atoms with van der Waals surface area (Å²) in [7, 11) is 0. The van der Waals surface area contributed by atoms with Crippen molar-refractivity contribution in [3.8, 4) is 0 Å². The van der Waals surface area contributed by atoms with E-state index in [9.17, 15) is 9.90 Å². The lowest BCUT2D eigenvalue weighted by Gasteiger charge is -2.27. The van der Waals surface area contributed by atoms with Crippen LogP contribution in [0.5, 0.6) is 0 Å². The minimum absolute atomic E-state index is 0.120. The van der Waals surface area contributed by atoms with Crippen molar-refractivity contribution in [2.24, 2.45) is 0 Å². The number of nitrogens with one attached hydrogen (secondary N) is 1. The van der Waals surface area contributed by atoms with Gasteiger partial charge in [0.15, 0.2) is 0 Å². The molecule has 5 heteroatoms. The Morgan fingerprint density at radius 3 is 2.65 bits per heavy atom. The van der Waals surface area contributed by atoms with Crippen molar-refractivity contribution in [2.75, 3.05) is 12.3 Å². The highest BCUT2D eigenvalue weighted by Gasteiger charge is 2.23. The lowest BCUT2D eigenvalue weighted by atomic mass is 9.99.